The van der Waals surface area contributed by atoms with E-state index in [2.05, 4.69) is 0 Å². The fraction of sp³-hybridized carbons (Fsp3) is 0.435. The number of benzene rings is 2. The van der Waals surface area contributed by atoms with E-state index >= 15 is 0 Å². The smallest absolute Gasteiger partial charge is 0.264 e. The molecule has 0 aliphatic heterocycles. The normalized spacial score (nSPS) is 15.9. The molecule has 31 heavy (non-hydrogen) atoms. The molecular formula is C23H30N2O5S. The molecule has 2 aromatic carbocycles. The number of carbonyl (C=O) groups is 1. The number of aryl methyl sites for hydroxylation is 1. The summed E-state index contributed by atoms with van der Waals surface area (Å²) in [5.74, 6) is 0.505. The van der Waals surface area contributed by atoms with Crippen molar-refractivity contribution in [3.05, 3.63) is 54.1 Å². The molecule has 8 heteroatoms. The van der Waals surface area contributed by atoms with Crippen LogP contribution in [0, 0.1) is 12.8 Å². The summed E-state index contributed by atoms with van der Waals surface area (Å²) in [4.78, 5) is 12.7. The first-order valence-corrected chi connectivity index (χ1v) is 11.9. The van der Waals surface area contributed by atoms with Crippen molar-refractivity contribution in [3.63, 3.8) is 0 Å². The Morgan fingerprint density at radius 1 is 1.06 bits per heavy atom. The summed E-state index contributed by atoms with van der Waals surface area (Å²) in [7, 11) is -3.98. The lowest BCUT2D eigenvalue weighted by atomic mass is 9.95. The Labute approximate surface area is 184 Å². The van der Waals surface area contributed by atoms with Crippen LogP contribution in [0.25, 0.3) is 0 Å². The molecule has 0 bridgehead atoms. The van der Waals surface area contributed by atoms with Gasteiger partial charge in [0.25, 0.3) is 5.91 Å². The van der Waals surface area contributed by atoms with E-state index in [0.29, 0.717) is 24.3 Å². The Balaban J connectivity index is 1.92. The molecule has 1 saturated carbocycles. The van der Waals surface area contributed by atoms with Crippen LogP contribution in [0.1, 0.15) is 45.1 Å². The lowest BCUT2D eigenvalue weighted by Crippen LogP contribution is -2.59. The summed E-state index contributed by atoms with van der Waals surface area (Å²) < 4.78 is 34.3. The van der Waals surface area contributed by atoms with Gasteiger partial charge in [-0.1, -0.05) is 44.4 Å². The number of amides is 1. The molecule has 1 fully saturated rings. The summed E-state index contributed by atoms with van der Waals surface area (Å²) in [6.07, 6.45) is 2.20. The number of hydrogen-bond donors (Lipinski definition) is 2. The summed E-state index contributed by atoms with van der Waals surface area (Å²) in [5, 5.41) is 9.34. The van der Waals surface area contributed by atoms with E-state index in [0.717, 1.165) is 18.4 Å². The Morgan fingerprint density at radius 3 is 2.06 bits per heavy atom. The van der Waals surface area contributed by atoms with Gasteiger partial charge in [-0.05, 0) is 62.1 Å². The van der Waals surface area contributed by atoms with Gasteiger partial charge >= 0.3 is 0 Å². The second kappa shape index (κ2) is 9.38. The Hall–Kier alpha value is -2.42. The molecule has 1 amide bonds. The number of nitrogens with zero attached hydrogens (tertiary/aromatic N) is 1. The van der Waals surface area contributed by atoms with Crippen LogP contribution in [0.3, 0.4) is 0 Å². The molecule has 0 spiro atoms. The lowest BCUT2D eigenvalue weighted by molar-refractivity contribution is -0.139. The molecule has 0 heterocycles. The lowest BCUT2D eigenvalue weighted by Gasteiger charge is -2.39. The number of rotatable bonds is 8. The maximum absolute atomic E-state index is 13.6. The number of hydrogen-bond acceptors (Lipinski definition) is 5. The molecule has 0 radical (unpaired) electrons. The van der Waals surface area contributed by atoms with Gasteiger partial charge in [0.15, 0.2) is 0 Å². The molecule has 7 nitrogen and oxygen atoms in total. The van der Waals surface area contributed by atoms with Crippen LogP contribution in [0.4, 0.5) is 0 Å². The molecular weight excluding hydrogens is 416 g/mol. The van der Waals surface area contributed by atoms with Gasteiger partial charge < -0.3 is 4.74 Å². The standard InChI is InChI=1S/C23H30N2O5S/c1-17(2)16-25(23(22(26)24-27)14-4-5-15-23)31(28,29)21-12-10-20(11-13-21)30-19-8-6-18(3)7-9-19/h6-13,17,27H,4-5,14-16H2,1-3H3,(H,24,26). The zero-order valence-electron chi connectivity index (χ0n) is 18.2. The topological polar surface area (TPSA) is 95.9 Å². The number of hydroxylamine groups is 1. The minimum Gasteiger partial charge on any atom is -0.457 e. The van der Waals surface area contributed by atoms with Gasteiger partial charge in [-0.3, -0.25) is 10.0 Å². The number of carbonyl (C=O) groups excluding carboxylic acids is 1. The molecule has 168 valence electrons. The van der Waals surface area contributed by atoms with Gasteiger partial charge in [0.1, 0.15) is 17.0 Å². The molecule has 0 aromatic heterocycles. The second-order valence-corrected chi connectivity index (χ2v) is 10.4. The highest BCUT2D eigenvalue weighted by atomic mass is 32.2. The largest absolute Gasteiger partial charge is 0.457 e. The average Bonchev–Trinajstić information content (AvgIpc) is 3.24. The highest BCUT2D eigenvalue weighted by Gasteiger charge is 2.51. The van der Waals surface area contributed by atoms with Crippen molar-refractivity contribution in [1.29, 1.82) is 0 Å². The zero-order valence-corrected chi connectivity index (χ0v) is 19.0. The molecule has 0 unspecified atom stereocenters. The summed E-state index contributed by atoms with van der Waals surface area (Å²) in [6, 6.07) is 13.8. The number of nitrogens with one attached hydrogen (secondary N) is 1. The van der Waals surface area contributed by atoms with Crippen molar-refractivity contribution in [2.75, 3.05) is 6.54 Å². The third kappa shape index (κ3) is 4.92. The first-order chi connectivity index (χ1) is 14.7. The van der Waals surface area contributed by atoms with Gasteiger partial charge in [0, 0.05) is 6.54 Å². The highest BCUT2D eigenvalue weighted by molar-refractivity contribution is 7.89. The van der Waals surface area contributed by atoms with E-state index in [-0.39, 0.29) is 17.4 Å². The molecule has 1 aliphatic rings. The van der Waals surface area contributed by atoms with E-state index < -0.39 is 21.5 Å². The Kier molecular flexibility index (Phi) is 7.03. The number of ether oxygens (including phenoxy) is 1. The van der Waals surface area contributed by atoms with E-state index in [4.69, 9.17) is 4.74 Å². The third-order valence-corrected chi connectivity index (χ3v) is 7.58. The molecule has 0 saturated heterocycles. The second-order valence-electron chi connectivity index (χ2n) is 8.50. The average molecular weight is 447 g/mol. The Morgan fingerprint density at radius 2 is 1.58 bits per heavy atom. The monoisotopic (exact) mass is 446 g/mol. The zero-order chi connectivity index (χ0) is 22.6. The van der Waals surface area contributed by atoms with Crippen LogP contribution in [-0.2, 0) is 14.8 Å². The van der Waals surface area contributed by atoms with Crippen LogP contribution >= 0.6 is 0 Å². The molecule has 2 N–H and O–H groups in total. The predicted molar refractivity (Wildman–Crippen MR) is 118 cm³/mol. The fourth-order valence-electron chi connectivity index (χ4n) is 4.04. The van der Waals surface area contributed by atoms with E-state index in [9.17, 15) is 18.4 Å². The van der Waals surface area contributed by atoms with Crippen LogP contribution < -0.4 is 10.2 Å². The number of sulfonamides is 1. The molecule has 2 aromatic rings. The third-order valence-electron chi connectivity index (χ3n) is 5.63. The van der Waals surface area contributed by atoms with Gasteiger partial charge in [-0.2, -0.15) is 4.31 Å². The maximum Gasteiger partial charge on any atom is 0.264 e. The molecule has 0 atom stereocenters. The molecule has 1 aliphatic carbocycles. The minimum atomic E-state index is -3.98. The van der Waals surface area contributed by atoms with Crippen LogP contribution in [0.2, 0.25) is 0 Å². The SMILES string of the molecule is Cc1ccc(Oc2ccc(S(=O)(=O)N(CC(C)C)C3(C(=O)NO)CCCC3)cc2)cc1. The van der Waals surface area contributed by atoms with Crippen molar-refractivity contribution >= 4 is 15.9 Å². The van der Waals surface area contributed by atoms with Crippen molar-refractivity contribution in [3.8, 4) is 11.5 Å². The van der Waals surface area contributed by atoms with Crippen molar-refractivity contribution in [2.45, 2.75) is 56.9 Å². The summed E-state index contributed by atoms with van der Waals surface area (Å²) in [6.45, 7) is 5.97. The summed E-state index contributed by atoms with van der Waals surface area (Å²) in [5.41, 5.74) is 1.53. The van der Waals surface area contributed by atoms with Gasteiger partial charge in [-0.15, -0.1) is 0 Å². The van der Waals surface area contributed by atoms with Crippen LogP contribution in [0.15, 0.2) is 53.4 Å². The fourth-order valence-corrected chi connectivity index (χ4v) is 5.99. The van der Waals surface area contributed by atoms with Gasteiger partial charge in [0.05, 0.1) is 4.90 Å². The first-order valence-electron chi connectivity index (χ1n) is 10.5. The van der Waals surface area contributed by atoms with Crippen LogP contribution in [-0.4, -0.2) is 35.9 Å². The van der Waals surface area contributed by atoms with Gasteiger partial charge in [-0.25, -0.2) is 13.9 Å². The Bertz CT molecular complexity index is 995. The molecule has 3 rings (SSSR count). The van der Waals surface area contributed by atoms with Crippen molar-refractivity contribution < 1.29 is 23.2 Å². The van der Waals surface area contributed by atoms with E-state index in [1.165, 1.54) is 16.4 Å². The maximum atomic E-state index is 13.6. The first kappa shape index (κ1) is 23.2. The highest BCUT2D eigenvalue weighted by Crippen LogP contribution is 2.40. The van der Waals surface area contributed by atoms with Crippen LogP contribution in [0.5, 0.6) is 11.5 Å². The van der Waals surface area contributed by atoms with Crippen molar-refractivity contribution in [2.24, 2.45) is 5.92 Å². The minimum absolute atomic E-state index is 0.00267. The quantitative estimate of drug-likeness (QED) is 0.467. The summed E-state index contributed by atoms with van der Waals surface area (Å²) >= 11 is 0. The van der Waals surface area contributed by atoms with E-state index in [1.807, 2.05) is 45.0 Å². The van der Waals surface area contributed by atoms with Gasteiger partial charge in [0.2, 0.25) is 10.0 Å². The predicted octanol–water partition coefficient (Wildman–Crippen LogP) is 4.25. The van der Waals surface area contributed by atoms with E-state index in [1.54, 1.807) is 17.6 Å². The van der Waals surface area contributed by atoms with Crippen molar-refractivity contribution in [1.82, 2.24) is 9.79 Å².